The van der Waals surface area contributed by atoms with Gasteiger partial charge >= 0.3 is 12.2 Å². The smallest absolute Gasteiger partial charge is 0.308 e. The molecule has 0 fully saturated rings. The minimum absolute atomic E-state index is 0.0150. The van der Waals surface area contributed by atoms with Gasteiger partial charge in [-0.05, 0) is 54.6 Å². The molecule has 0 saturated carbocycles. The molecule has 166 valence electrons. The first kappa shape index (κ1) is 22.0. The van der Waals surface area contributed by atoms with Crippen LogP contribution >= 0.6 is 0 Å². The van der Waals surface area contributed by atoms with Crippen molar-refractivity contribution >= 4 is 34.1 Å². The van der Waals surface area contributed by atoms with Crippen molar-refractivity contribution in [3.63, 3.8) is 0 Å². The van der Waals surface area contributed by atoms with Crippen molar-refractivity contribution in [2.24, 2.45) is 0 Å². The fourth-order valence-electron chi connectivity index (χ4n) is 3.41. The molecule has 1 aromatic heterocycles. The number of anilines is 2. The fourth-order valence-corrected chi connectivity index (χ4v) is 3.41. The van der Waals surface area contributed by atoms with Crippen LogP contribution < -0.4 is 15.2 Å². The van der Waals surface area contributed by atoms with Crippen LogP contribution in [-0.2, 0) is 12.7 Å². The van der Waals surface area contributed by atoms with Crippen LogP contribution in [0.15, 0.2) is 91.1 Å². The molecular weight excluding hydrogens is 431 g/mol. The van der Waals surface area contributed by atoms with Gasteiger partial charge in [-0.2, -0.15) is 17.7 Å². The monoisotopic (exact) mass is 450 g/mol. The quantitative estimate of drug-likeness (QED) is 0.304. The second kappa shape index (κ2) is 9.12. The van der Waals surface area contributed by atoms with E-state index >= 15 is 0 Å². The van der Waals surface area contributed by atoms with E-state index in [2.05, 4.69) is 10.6 Å². The van der Waals surface area contributed by atoms with Crippen LogP contribution in [0.1, 0.15) is 15.9 Å². The SMILES string of the molecule is O=C(Nc1ccc(C(=O)C[n+]2cccc3ccccc32)cc1)Nc1cccc(C(F)(F)F)c1. The van der Waals surface area contributed by atoms with Crippen molar-refractivity contribution in [1.29, 1.82) is 0 Å². The minimum atomic E-state index is -4.50. The lowest BCUT2D eigenvalue weighted by atomic mass is 10.1. The zero-order valence-corrected chi connectivity index (χ0v) is 17.3. The van der Waals surface area contributed by atoms with Crippen LogP contribution in [0.3, 0.4) is 0 Å². The largest absolute Gasteiger partial charge is 0.416 e. The molecule has 2 N–H and O–H groups in total. The van der Waals surface area contributed by atoms with Gasteiger partial charge < -0.3 is 10.6 Å². The lowest BCUT2D eigenvalue weighted by Crippen LogP contribution is -2.38. The molecule has 4 rings (SSSR count). The maximum Gasteiger partial charge on any atom is 0.416 e. The molecule has 0 bridgehead atoms. The second-order valence-corrected chi connectivity index (χ2v) is 7.35. The van der Waals surface area contributed by atoms with E-state index < -0.39 is 17.8 Å². The Balaban J connectivity index is 1.40. The number of urea groups is 1. The third-order valence-electron chi connectivity index (χ3n) is 5.01. The second-order valence-electron chi connectivity index (χ2n) is 7.35. The van der Waals surface area contributed by atoms with Gasteiger partial charge in [-0.1, -0.05) is 18.2 Å². The average Bonchev–Trinajstić information content (AvgIpc) is 2.79. The molecular formula is C25H19F3N3O2+. The Morgan fingerprint density at radius 3 is 2.24 bits per heavy atom. The van der Waals surface area contributed by atoms with Crippen molar-refractivity contribution in [3.8, 4) is 0 Å². The van der Waals surface area contributed by atoms with Crippen LogP contribution in [0.5, 0.6) is 0 Å². The Bertz CT molecular complexity index is 1310. The van der Waals surface area contributed by atoms with Gasteiger partial charge in [-0.15, -0.1) is 0 Å². The molecule has 8 heteroatoms. The molecule has 0 aliphatic rings. The summed E-state index contributed by atoms with van der Waals surface area (Å²) in [4.78, 5) is 24.9. The summed E-state index contributed by atoms with van der Waals surface area (Å²) in [5.41, 5.74) is 0.972. The number of nitrogens with zero attached hydrogens (tertiary/aromatic N) is 1. The Labute approximate surface area is 187 Å². The van der Waals surface area contributed by atoms with E-state index in [4.69, 9.17) is 0 Å². The van der Waals surface area contributed by atoms with Gasteiger partial charge in [0, 0.05) is 34.5 Å². The first-order valence-electron chi connectivity index (χ1n) is 10.1. The van der Waals surface area contributed by atoms with Crippen LogP contribution in [0.25, 0.3) is 10.9 Å². The number of benzene rings is 3. The van der Waals surface area contributed by atoms with E-state index in [-0.39, 0.29) is 18.0 Å². The van der Waals surface area contributed by atoms with Crippen molar-refractivity contribution < 1.29 is 27.3 Å². The van der Waals surface area contributed by atoms with Crippen LogP contribution in [0.4, 0.5) is 29.3 Å². The summed E-state index contributed by atoms with van der Waals surface area (Å²) in [7, 11) is 0. The van der Waals surface area contributed by atoms with Gasteiger partial charge in [0.25, 0.3) is 0 Å². The number of pyridine rings is 1. The number of carbonyl (C=O) groups is 2. The molecule has 0 atom stereocenters. The normalized spacial score (nSPS) is 11.2. The number of carbonyl (C=O) groups excluding carboxylic acids is 2. The average molecular weight is 450 g/mol. The molecule has 5 nitrogen and oxygen atoms in total. The summed E-state index contributed by atoms with van der Waals surface area (Å²) in [6.07, 6.45) is -2.66. The summed E-state index contributed by atoms with van der Waals surface area (Å²) < 4.78 is 40.3. The molecule has 0 radical (unpaired) electrons. The van der Waals surface area contributed by atoms with Gasteiger partial charge in [0.2, 0.25) is 17.8 Å². The number of ketones is 1. The van der Waals surface area contributed by atoms with Crippen LogP contribution in [-0.4, -0.2) is 11.8 Å². The molecule has 4 aromatic rings. The number of hydrogen-bond acceptors (Lipinski definition) is 2. The number of hydrogen-bond donors (Lipinski definition) is 2. The summed E-state index contributed by atoms with van der Waals surface area (Å²) in [6.45, 7) is 0.157. The Morgan fingerprint density at radius 1 is 0.788 bits per heavy atom. The third-order valence-corrected chi connectivity index (χ3v) is 5.01. The highest BCUT2D eigenvalue weighted by Crippen LogP contribution is 2.30. The number of rotatable bonds is 5. The molecule has 2 amide bonds. The van der Waals surface area contributed by atoms with E-state index in [9.17, 15) is 22.8 Å². The highest BCUT2D eigenvalue weighted by molar-refractivity contribution is 6.00. The molecule has 0 aliphatic heterocycles. The molecule has 0 unspecified atom stereocenters. The standard InChI is InChI=1S/C25H18F3N3O2/c26-25(27,28)19-7-3-8-21(15-19)30-24(33)29-20-12-10-18(11-13-20)23(32)16-31-14-4-6-17-5-1-2-9-22(17)31/h1-15H,16H2,(H-,29,30,32,33)/p+1. The fraction of sp³-hybridized carbons (Fsp3) is 0.0800. The summed E-state index contributed by atoms with van der Waals surface area (Å²) in [6, 6.07) is 21.6. The third kappa shape index (κ3) is 5.35. The zero-order valence-electron chi connectivity index (χ0n) is 17.3. The number of nitrogens with one attached hydrogen (secondary N) is 2. The van der Waals surface area contributed by atoms with E-state index in [0.29, 0.717) is 11.3 Å². The molecule has 3 aromatic carbocycles. The lowest BCUT2D eigenvalue weighted by Gasteiger charge is -2.11. The zero-order chi connectivity index (χ0) is 23.4. The Kier molecular flexibility index (Phi) is 6.08. The van der Waals surface area contributed by atoms with Gasteiger partial charge in [0.15, 0.2) is 6.20 Å². The molecule has 33 heavy (non-hydrogen) atoms. The number of Topliss-reactive ketones (excluding diaryl/α,β-unsaturated/α-hetero) is 1. The number of aromatic nitrogens is 1. The number of para-hydroxylation sites is 1. The van der Waals surface area contributed by atoms with Gasteiger partial charge in [0.05, 0.1) is 5.56 Å². The first-order chi connectivity index (χ1) is 15.8. The minimum Gasteiger partial charge on any atom is -0.308 e. The molecule has 0 aliphatic carbocycles. The summed E-state index contributed by atoms with van der Waals surface area (Å²) in [5.74, 6) is -0.101. The predicted octanol–water partition coefficient (Wildman–Crippen LogP) is 5.67. The number of amides is 2. The first-order valence-corrected chi connectivity index (χ1v) is 10.1. The van der Waals surface area contributed by atoms with Gasteiger partial charge in [0.1, 0.15) is 0 Å². The van der Waals surface area contributed by atoms with E-state index in [1.165, 1.54) is 12.1 Å². The van der Waals surface area contributed by atoms with Gasteiger partial charge in [-0.25, -0.2) is 4.79 Å². The Morgan fingerprint density at radius 2 is 1.48 bits per heavy atom. The van der Waals surface area contributed by atoms with Crippen LogP contribution in [0, 0.1) is 0 Å². The number of fused-ring (bicyclic) bond motifs is 1. The number of alkyl halides is 3. The van der Waals surface area contributed by atoms with Crippen molar-refractivity contribution in [2.45, 2.75) is 12.7 Å². The molecule has 0 saturated heterocycles. The van der Waals surface area contributed by atoms with Gasteiger partial charge in [-0.3, -0.25) is 4.79 Å². The number of halogens is 3. The summed E-state index contributed by atoms with van der Waals surface area (Å²) in [5, 5.41) is 5.94. The highest BCUT2D eigenvalue weighted by Gasteiger charge is 2.30. The maximum absolute atomic E-state index is 12.8. The van der Waals surface area contributed by atoms with E-state index in [1.54, 1.807) is 24.3 Å². The van der Waals surface area contributed by atoms with E-state index in [1.807, 2.05) is 47.2 Å². The Hall–Kier alpha value is -4.20. The lowest BCUT2D eigenvalue weighted by molar-refractivity contribution is -0.657. The topological polar surface area (TPSA) is 62.1 Å². The van der Waals surface area contributed by atoms with Crippen molar-refractivity contribution in [2.75, 3.05) is 10.6 Å². The van der Waals surface area contributed by atoms with Crippen LogP contribution in [0.2, 0.25) is 0 Å². The van der Waals surface area contributed by atoms with Crippen molar-refractivity contribution in [3.05, 3.63) is 102 Å². The van der Waals surface area contributed by atoms with E-state index in [0.717, 1.165) is 23.0 Å². The maximum atomic E-state index is 12.8. The highest BCUT2D eigenvalue weighted by atomic mass is 19.4. The molecule has 0 spiro atoms. The van der Waals surface area contributed by atoms with Crippen molar-refractivity contribution in [1.82, 2.24) is 0 Å². The summed E-state index contributed by atoms with van der Waals surface area (Å²) >= 11 is 0. The molecule has 1 heterocycles. The predicted molar refractivity (Wildman–Crippen MR) is 119 cm³/mol.